The minimum absolute atomic E-state index is 0.260. The van der Waals surface area contributed by atoms with E-state index in [1.54, 1.807) is 11.3 Å². The van der Waals surface area contributed by atoms with Crippen molar-refractivity contribution in [2.75, 3.05) is 12.3 Å². The minimum Gasteiger partial charge on any atom is -0.462 e. The van der Waals surface area contributed by atoms with Crippen LogP contribution in [-0.2, 0) is 11.2 Å². The largest absolute Gasteiger partial charge is 0.462 e. The lowest BCUT2D eigenvalue weighted by atomic mass is 9.82. The summed E-state index contributed by atoms with van der Waals surface area (Å²) in [6.07, 6.45) is 2.12. The highest BCUT2D eigenvalue weighted by Crippen LogP contribution is 2.43. The third-order valence-corrected chi connectivity index (χ3v) is 4.59. The molecule has 17 heavy (non-hydrogen) atoms. The molecule has 2 N–H and O–H groups in total. The van der Waals surface area contributed by atoms with Crippen molar-refractivity contribution in [2.24, 2.45) is 5.92 Å². The second-order valence-corrected chi connectivity index (χ2v) is 5.93. The van der Waals surface area contributed by atoms with Gasteiger partial charge in [-0.1, -0.05) is 13.8 Å². The molecular formula is C13H19NO2S. The summed E-state index contributed by atoms with van der Waals surface area (Å²) in [4.78, 5) is 13.2. The van der Waals surface area contributed by atoms with Crippen LogP contribution in [0.2, 0.25) is 0 Å². The highest BCUT2D eigenvalue weighted by atomic mass is 32.1. The van der Waals surface area contributed by atoms with Crippen LogP contribution in [0.5, 0.6) is 0 Å². The summed E-state index contributed by atoms with van der Waals surface area (Å²) in [6.45, 7) is 6.65. The molecule has 0 aliphatic heterocycles. The molecule has 0 spiro atoms. The van der Waals surface area contributed by atoms with Crippen LogP contribution >= 0.6 is 11.3 Å². The molecule has 0 saturated carbocycles. The van der Waals surface area contributed by atoms with Crippen molar-refractivity contribution in [2.45, 2.75) is 39.5 Å². The molecule has 2 unspecified atom stereocenters. The number of ether oxygens (including phenoxy) is 1. The summed E-state index contributed by atoms with van der Waals surface area (Å²) in [6, 6.07) is 0. The van der Waals surface area contributed by atoms with Crippen LogP contribution < -0.4 is 5.73 Å². The number of thiophene rings is 1. The first-order valence-corrected chi connectivity index (χ1v) is 6.94. The summed E-state index contributed by atoms with van der Waals surface area (Å²) in [5.74, 6) is 0.854. The van der Waals surface area contributed by atoms with Crippen molar-refractivity contribution in [1.82, 2.24) is 0 Å². The number of fused-ring (bicyclic) bond motifs is 1. The van der Waals surface area contributed by atoms with Gasteiger partial charge in [0, 0.05) is 4.88 Å². The van der Waals surface area contributed by atoms with Crippen molar-refractivity contribution in [1.29, 1.82) is 0 Å². The highest BCUT2D eigenvalue weighted by molar-refractivity contribution is 7.16. The van der Waals surface area contributed by atoms with E-state index in [0.29, 0.717) is 29.0 Å². The van der Waals surface area contributed by atoms with Crippen molar-refractivity contribution in [3.8, 4) is 0 Å². The SMILES string of the molecule is CCOC(=O)c1c(N)sc2c1CC(C)CC2C. The number of hydrogen-bond acceptors (Lipinski definition) is 4. The predicted molar refractivity (Wildman–Crippen MR) is 70.6 cm³/mol. The molecule has 1 aliphatic carbocycles. The number of hydrogen-bond donors (Lipinski definition) is 1. The Hall–Kier alpha value is -1.03. The van der Waals surface area contributed by atoms with E-state index in [9.17, 15) is 4.79 Å². The smallest absolute Gasteiger partial charge is 0.341 e. The number of carbonyl (C=O) groups is 1. The first kappa shape index (κ1) is 12.4. The van der Waals surface area contributed by atoms with E-state index in [1.807, 2.05) is 6.92 Å². The average molecular weight is 253 g/mol. The quantitative estimate of drug-likeness (QED) is 0.823. The molecule has 1 aliphatic rings. The molecule has 1 aromatic rings. The minimum atomic E-state index is -0.260. The van der Waals surface area contributed by atoms with Gasteiger partial charge in [-0.15, -0.1) is 11.3 Å². The Morgan fingerprint density at radius 1 is 1.53 bits per heavy atom. The van der Waals surface area contributed by atoms with E-state index >= 15 is 0 Å². The van der Waals surface area contributed by atoms with Gasteiger partial charge in [0.2, 0.25) is 0 Å². The van der Waals surface area contributed by atoms with Gasteiger partial charge in [-0.25, -0.2) is 4.79 Å². The molecule has 4 heteroatoms. The van der Waals surface area contributed by atoms with Crippen molar-refractivity contribution in [3.05, 3.63) is 16.0 Å². The molecule has 0 bridgehead atoms. The zero-order valence-corrected chi connectivity index (χ0v) is 11.4. The van der Waals surface area contributed by atoms with Gasteiger partial charge in [0.1, 0.15) is 5.00 Å². The number of rotatable bonds is 2. The fraction of sp³-hybridized carbons (Fsp3) is 0.615. The Labute approximate surface area is 106 Å². The number of carbonyl (C=O) groups excluding carboxylic acids is 1. The molecule has 0 fully saturated rings. The van der Waals surface area contributed by atoms with E-state index in [1.165, 1.54) is 11.3 Å². The van der Waals surface area contributed by atoms with E-state index in [4.69, 9.17) is 10.5 Å². The Morgan fingerprint density at radius 3 is 2.88 bits per heavy atom. The van der Waals surface area contributed by atoms with E-state index < -0.39 is 0 Å². The van der Waals surface area contributed by atoms with Gasteiger partial charge in [-0.05, 0) is 37.2 Å². The standard InChI is InChI=1S/C13H19NO2S/c1-4-16-13(15)10-9-6-7(2)5-8(3)11(9)17-12(10)14/h7-8H,4-6,14H2,1-3H3. The van der Waals surface area contributed by atoms with Crippen molar-refractivity contribution in [3.63, 3.8) is 0 Å². The third kappa shape index (κ3) is 2.18. The molecule has 1 aromatic heterocycles. The lowest BCUT2D eigenvalue weighted by molar-refractivity contribution is 0.0526. The molecule has 0 aromatic carbocycles. The lowest BCUT2D eigenvalue weighted by Gasteiger charge is -2.24. The maximum Gasteiger partial charge on any atom is 0.341 e. The summed E-state index contributed by atoms with van der Waals surface area (Å²) in [5, 5.41) is 0.620. The second-order valence-electron chi connectivity index (χ2n) is 4.85. The first-order chi connectivity index (χ1) is 8.04. The molecule has 2 rings (SSSR count). The van der Waals surface area contributed by atoms with Gasteiger partial charge in [-0.3, -0.25) is 0 Å². The predicted octanol–water partition coefficient (Wildman–Crippen LogP) is 3.19. The van der Waals surface area contributed by atoms with Gasteiger partial charge < -0.3 is 10.5 Å². The van der Waals surface area contributed by atoms with Gasteiger partial charge in [0.05, 0.1) is 12.2 Å². The van der Waals surface area contributed by atoms with Crippen LogP contribution in [0, 0.1) is 5.92 Å². The lowest BCUT2D eigenvalue weighted by Crippen LogP contribution is -2.16. The Morgan fingerprint density at radius 2 is 2.24 bits per heavy atom. The van der Waals surface area contributed by atoms with Gasteiger partial charge in [0.25, 0.3) is 0 Å². The molecule has 3 nitrogen and oxygen atoms in total. The fourth-order valence-corrected chi connectivity index (χ4v) is 3.82. The van der Waals surface area contributed by atoms with Crippen LogP contribution in [0.4, 0.5) is 5.00 Å². The highest BCUT2D eigenvalue weighted by Gasteiger charge is 2.30. The van der Waals surface area contributed by atoms with Crippen LogP contribution in [0.1, 0.15) is 53.9 Å². The van der Waals surface area contributed by atoms with Crippen LogP contribution in [-0.4, -0.2) is 12.6 Å². The average Bonchev–Trinajstić information content (AvgIpc) is 2.55. The van der Waals surface area contributed by atoms with Crippen LogP contribution in [0.3, 0.4) is 0 Å². The summed E-state index contributed by atoms with van der Waals surface area (Å²) >= 11 is 1.56. The number of nitrogens with two attached hydrogens (primary N) is 1. The van der Waals surface area contributed by atoms with Crippen molar-refractivity contribution >= 4 is 22.3 Å². The Bertz CT molecular complexity index is 439. The Kier molecular flexibility index (Phi) is 3.43. The van der Waals surface area contributed by atoms with Crippen molar-refractivity contribution < 1.29 is 9.53 Å². The number of anilines is 1. The molecule has 0 radical (unpaired) electrons. The second kappa shape index (κ2) is 4.69. The zero-order valence-electron chi connectivity index (χ0n) is 10.6. The molecule has 0 saturated heterocycles. The fourth-order valence-electron chi connectivity index (χ4n) is 2.67. The zero-order chi connectivity index (χ0) is 12.6. The molecular weight excluding hydrogens is 234 g/mol. The molecule has 1 heterocycles. The summed E-state index contributed by atoms with van der Waals surface area (Å²) < 4.78 is 5.09. The summed E-state index contributed by atoms with van der Waals surface area (Å²) in [5.41, 5.74) is 7.74. The van der Waals surface area contributed by atoms with Crippen LogP contribution in [0.15, 0.2) is 0 Å². The molecule has 94 valence electrons. The first-order valence-electron chi connectivity index (χ1n) is 6.12. The maximum atomic E-state index is 11.9. The normalized spacial score (nSPS) is 23.2. The van der Waals surface area contributed by atoms with E-state index in [2.05, 4.69) is 13.8 Å². The van der Waals surface area contributed by atoms with Gasteiger partial charge in [-0.2, -0.15) is 0 Å². The Balaban J connectivity index is 2.43. The number of esters is 1. The van der Waals surface area contributed by atoms with E-state index in [0.717, 1.165) is 12.0 Å². The third-order valence-electron chi connectivity index (χ3n) is 3.30. The monoisotopic (exact) mass is 253 g/mol. The number of nitrogen functional groups attached to an aromatic ring is 1. The maximum absolute atomic E-state index is 11.9. The molecule has 2 atom stereocenters. The summed E-state index contributed by atoms with van der Waals surface area (Å²) in [7, 11) is 0. The van der Waals surface area contributed by atoms with Gasteiger partial charge >= 0.3 is 5.97 Å². The van der Waals surface area contributed by atoms with Gasteiger partial charge in [0.15, 0.2) is 0 Å². The van der Waals surface area contributed by atoms with E-state index in [-0.39, 0.29) is 5.97 Å². The van der Waals surface area contributed by atoms with Crippen LogP contribution in [0.25, 0.3) is 0 Å². The molecule has 0 amide bonds. The topological polar surface area (TPSA) is 52.3 Å².